The molecule has 3 rings (SSSR count). The topological polar surface area (TPSA) is 146 Å². The molecule has 172 valence electrons. The van der Waals surface area contributed by atoms with Gasteiger partial charge in [-0.1, -0.05) is 36.4 Å². The molecule has 0 spiro atoms. The third-order valence-electron chi connectivity index (χ3n) is 4.97. The van der Waals surface area contributed by atoms with Crippen LogP contribution in [0.2, 0.25) is 0 Å². The van der Waals surface area contributed by atoms with E-state index in [1.807, 2.05) is 30.3 Å². The molecule has 32 heavy (non-hydrogen) atoms. The molecular formula is C23H26O9. The van der Waals surface area contributed by atoms with E-state index in [0.717, 1.165) is 5.56 Å². The number of esters is 1. The number of phenolic OH excluding ortho intramolecular Hbond substituents is 1. The first-order chi connectivity index (χ1) is 15.4. The highest BCUT2D eigenvalue weighted by molar-refractivity contribution is 5.87. The Kier molecular flexibility index (Phi) is 8.20. The van der Waals surface area contributed by atoms with Crippen LogP contribution in [0.15, 0.2) is 54.6 Å². The summed E-state index contributed by atoms with van der Waals surface area (Å²) in [5.41, 5.74) is 1.54. The van der Waals surface area contributed by atoms with Crippen molar-refractivity contribution in [2.24, 2.45) is 0 Å². The smallest absolute Gasteiger partial charge is 0.330 e. The number of hydrogen-bond donors (Lipinski definition) is 5. The van der Waals surface area contributed by atoms with Crippen molar-refractivity contribution in [3.63, 3.8) is 0 Å². The van der Waals surface area contributed by atoms with Gasteiger partial charge in [0.05, 0.1) is 13.2 Å². The fourth-order valence-electron chi connectivity index (χ4n) is 3.15. The summed E-state index contributed by atoms with van der Waals surface area (Å²) in [5.74, 6) is -0.899. The zero-order chi connectivity index (χ0) is 23.1. The molecule has 0 unspecified atom stereocenters. The number of ether oxygens (including phenoxy) is 3. The van der Waals surface area contributed by atoms with E-state index in [9.17, 15) is 30.3 Å². The van der Waals surface area contributed by atoms with Gasteiger partial charge >= 0.3 is 5.97 Å². The van der Waals surface area contributed by atoms with Gasteiger partial charge in [0.1, 0.15) is 24.4 Å². The molecule has 2 aromatic carbocycles. The molecule has 9 nitrogen and oxygen atoms in total. The second kappa shape index (κ2) is 11.1. The third kappa shape index (κ3) is 6.06. The number of benzene rings is 2. The Morgan fingerprint density at radius 3 is 2.50 bits per heavy atom. The average molecular weight is 446 g/mol. The van der Waals surface area contributed by atoms with Crippen LogP contribution in [0.25, 0.3) is 6.08 Å². The maximum Gasteiger partial charge on any atom is 0.330 e. The maximum absolute atomic E-state index is 11.9. The van der Waals surface area contributed by atoms with E-state index in [-0.39, 0.29) is 18.1 Å². The van der Waals surface area contributed by atoms with Crippen molar-refractivity contribution in [2.45, 2.75) is 37.1 Å². The SMILES string of the molecule is O=C(C=Cc1ccc(O)c(O[C@H]2O[C@H](CO)[C@@H](O)[C@H](O)[C@H]2O)c1)OCCc1ccccc1. The molecule has 5 atom stereocenters. The zero-order valence-corrected chi connectivity index (χ0v) is 17.2. The Morgan fingerprint density at radius 2 is 1.78 bits per heavy atom. The molecule has 1 aliphatic rings. The van der Waals surface area contributed by atoms with Crippen LogP contribution < -0.4 is 4.74 Å². The van der Waals surface area contributed by atoms with Gasteiger partial charge in [-0.2, -0.15) is 0 Å². The van der Waals surface area contributed by atoms with Gasteiger partial charge in [-0.15, -0.1) is 0 Å². The first-order valence-electron chi connectivity index (χ1n) is 10.1. The maximum atomic E-state index is 11.9. The van der Waals surface area contributed by atoms with Crippen molar-refractivity contribution in [2.75, 3.05) is 13.2 Å². The minimum atomic E-state index is -1.62. The number of rotatable bonds is 8. The molecule has 0 saturated carbocycles. The molecular weight excluding hydrogens is 420 g/mol. The Morgan fingerprint density at radius 1 is 1.03 bits per heavy atom. The third-order valence-corrected chi connectivity index (χ3v) is 4.97. The Bertz CT molecular complexity index is 913. The lowest BCUT2D eigenvalue weighted by atomic mass is 9.99. The number of carbonyl (C=O) groups is 1. The minimum Gasteiger partial charge on any atom is -0.504 e. The Balaban J connectivity index is 1.59. The van der Waals surface area contributed by atoms with Crippen LogP contribution in [0.1, 0.15) is 11.1 Å². The van der Waals surface area contributed by atoms with Gasteiger partial charge in [0, 0.05) is 12.5 Å². The minimum absolute atomic E-state index is 0.0890. The van der Waals surface area contributed by atoms with E-state index >= 15 is 0 Å². The van der Waals surface area contributed by atoms with E-state index in [1.165, 1.54) is 30.4 Å². The van der Waals surface area contributed by atoms with Crippen LogP contribution in [0.4, 0.5) is 0 Å². The molecule has 1 aliphatic heterocycles. The summed E-state index contributed by atoms with van der Waals surface area (Å²) in [7, 11) is 0. The van der Waals surface area contributed by atoms with Crippen LogP contribution in [0.3, 0.4) is 0 Å². The molecule has 5 N–H and O–H groups in total. The van der Waals surface area contributed by atoms with Crippen LogP contribution in [0, 0.1) is 0 Å². The van der Waals surface area contributed by atoms with Gasteiger partial charge in [-0.25, -0.2) is 4.79 Å². The second-order valence-corrected chi connectivity index (χ2v) is 7.28. The first-order valence-corrected chi connectivity index (χ1v) is 10.1. The fraction of sp³-hybridized carbons (Fsp3) is 0.348. The summed E-state index contributed by atoms with van der Waals surface area (Å²) >= 11 is 0. The highest BCUT2D eigenvalue weighted by Gasteiger charge is 2.44. The molecule has 0 aliphatic carbocycles. The predicted molar refractivity (Wildman–Crippen MR) is 113 cm³/mol. The standard InChI is InChI=1S/C23H26O9/c24-13-18-20(27)21(28)22(29)23(32-18)31-17-12-15(6-8-16(17)25)7-9-19(26)30-11-10-14-4-2-1-3-5-14/h1-9,12,18,20-25,27-29H,10-11,13H2/t18-,20-,21+,22-,23+/m1/s1. The summed E-state index contributed by atoms with van der Waals surface area (Å²) in [4.78, 5) is 11.9. The van der Waals surface area contributed by atoms with E-state index < -0.39 is 43.3 Å². The van der Waals surface area contributed by atoms with Crippen molar-refractivity contribution < 1.29 is 44.5 Å². The predicted octanol–water partition coefficient (Wildman–Crippen LogP) is 0.370. The normalized spacial score (nSPS) is 25.6. The summed E-state index contributed by atoms with van der Waals surface area (Å²) < 4.78 is 15.9. The Labute approximate surface area is 184 Å². The highest BCUT2D eigenvalue weighted by Crippen LogP contribution is 2.31. The fourth-order valence-corrected chi connectivity index (χ4v) is 3.15. The van der Waals surface area contributed by atoms with Gasteiger partial charge in [-0.3, -0.25) is 0 Å². The van der Waals surface area contributed by atoms with Gasteiger partial charge < -0.3 is 39.7 Å². The van der Waals surface area contributed by atoms with Crippen molar-refractivity contribution >= 4 is 12.0 Å². The van der Waals surface area contributed by atoms with Gasteiger partial charge in [-0.05, 0) is 29.3 Å². The lowest BCUT2D eigenvalue weighted by Gasteiger charge is -2.39. The largest absolute Gasteiger partial charge is 0.504 e. The molecule has 0 bridgehead atoms. The summed E-state index contributed by atoms with van der Waals surface area (Å²) in [6.45, 7) is -0.375. The van der Waals surface area contributed by atoms with Gasteiger partial charge in [0.15, 0.2) is 11.5 Å². The van der Waals surface area contributed by atoms with Crippen molar-refractivity contribution in [3.8, 4) is 11.5 Å². The number of hydrogen-bond acceptors (Lipinski definition) is 9. The molecule has 1 heterocycles. The first kappa shape index (κ1) is 23.7. The van der Waals surface area contributed by atoms with E-state index in [0.29, 0.717) is 12.0 Å². The van der Waals surface area contributed by atoms with Crippen LogP contribution in [-0.2, 0) is 20.7 Å². The van der Waals surface area contributed by atoms with Crippen molar-refractivity contribution in [1.29, 1.82) is 0 Å². The average Bonchev–Trinajstić information content (AvgIpc) is 2.80. The number of phenols is 1. The zero-order valence-electron chi connectivity index (χ0n) is 17.2. The molecule has 1 fully saturated rings. The number of aliphatic hydroxyl groups is 4. The summed E-state index contributed by atoms with van der Waals surface area (Å²) in [6.07, 6.45) is -4.05. The number of carbonyl (C=O) groups excluding carboxylic acids is 1. The number of aliphatic hydroxyl groups excluding tert-OH is 4. The Hall–Kier alpha value is -2.95. The quantitative estimate of drug-likeness (QED) is 0.287. The molecule has 2 aromatic rings. The molecule has 0 radical (unpaired) electrons. The highest BCUT2D eigenvalue weighted by atomic mass is 16.7. The van der Waals surface area contributed by atoms with Crippen molar-refractivity contribution in [1.82, 2.24) is 0 Å². The molecule has 9 heteroatoms. The molecule has 0 amide bonds. The van der Waals surface area contributed by atoms with Gasteiger partial charge in [0.25, 0.3) is 0 Å². The monoisotopic (exact) mass is 446 g/mol. The summed E-state index contributed by atoms with van der Waals surface area (Å²) in [6, 6.07) is 13.9. The lowest BCUT2D eigenvalue weighted by molar-refractivity contribution is -0.277. The summed E-state index contributed by atoms with van der Waals surface area (Å²) in [5, 5.41) is 49.1. The number of aromatic hydroxyl groups is 1. The van der Waals surface area contributed by atoms with E-state index in [1.54, 1.807) is 0 Å². The molecule has 0 aromatic heterocycles. The van der Waals surface area contributed by atoms with Crippen LogP contribution in [0.5, 0.6) is 11.5 Å². The van der Waals surface area contributed by atoms with Crippen LogP contribution in [-0.4, -0.2) is 75.4 Å². The van der Waals surface area contributed by atoms with Gasteiger partial charge in [0.2, 0.25) is 6.29 Å². The second-order valence-electron chi connectivity index (χ2n) is 7.28. The molecule has 1 saturated heterocycles. The lowest BCUT2D eigenvalue weighted by Crippen LogP contribution is -2.60. The van der Waals surface area contributed by atoms with E-state index in [4.69, 9.17) is 14.2 Å². The van der Waals surface area contributed by atoms with Crippen molar-refractivity contribution in [3.05, 3.63) is 65.7 Å². The van der Waals surface area contributed by atoms with E-state index in [2.05, 4.69) is 0 Å². The van der Waals surface area contributed by atoms with Crippen LogP contribution >= 0.6 is 0 Å².